The van der Waals surface area contributed by atoms with Crippen LogP contribution in [0.5, 0.6) is 0 Å². The summed E-state index contributed by atoms with van der Waals surface area (Å²) in [6.45, 7) is 6.78. The van der Waals surface area contributed by atoms with Crippen molar-refractivity contribution < 1.29 is 9.53 Å². The van der Waals surface area contributed by atoms with Gasteiger partial charge < -0.3 is 15.8 Å². The van der Waals surface area contributed by atoms with E-state index >= 15 is 0 Å². The minimum absolute atomic E-state index is 0.0179. The smallest absolute Gasteiger partial charge is 0.404 e. The Hall–Kier alpha value is -1.55. The molecule has 4 heteroatoms. The van der Waals surface area contributed by atoms with Crippen molar-refractivity contribution in [1.82, 2.24) is 5.32 Å². The van der Waals surface area contributed by atoms with Crippen molar-refractivity contribution >= 4 is 6.09 Å². The summed E-state index contributed by atoms with van der Waals surface area (Å²) < 4.78 is 5.13. The molecule has 4 nitrogen and oxygen atoms in total. The molecule has 1 rings (SSSR count). The summed E-state index contributed by atoms with van der Waals surface area (Å²) >= 11 is 0. The zero-order valence-corrected chi connectivity index (χ0v) is 11.3. The van der Waals surface area contributed by atoms with Crippen LogP contribution in [0.4, 0.5) is 4.79 Å². The first-order valence-electron chi connectivity index (χ1n) is 6.12. The lowest BCUT2D eigenvalue weighted by atomic mass is 10.1. The van der Waals surface area contributed by atoms with E-state index in [1.165, 1.54) is 0 Å². The van der Waals surface area contributed by atoms with Crippen LogP contribution < -0.4 is 11.1 Å². The van der Waals surface area contributed by atoms with Gasteiger partial charge in [-0.25, -0.2) is 4.79 Å². The minimum atomic E-state index is -0.730. The van der Waals surface area contributed by atoms with Gasteiger partial charge in [-0.15, -0.1) is 0 Å². The maximum Gasteiger partial charge on any atom is 0.404 e. The molecule has 1 amide bonds. The third-order valence-corrected chi connectivity index (χ3v) is 2.45. The number of hydrogen-bond acceptors (Lipinski definition) is 3. The summed E-state index contributed by atoms with van der Waals surface area (Å²) in [5, 5.41) is 3.31. The third-order valence-electron chi connectivity index (χ3n) is 2.45. The van der Waals surface area contributed by atoms with E-state index < -0.39 is 6.09 Å². The number of nitrogens with one attached hydrogen (secondary N) is 1. The van der Waals surface area contributed by atoms with Gasteiger partial charge in [-0.2, -0.15) is 0 Å². The Morgan fingerprint density at radius 2 is 1.94 bits per heavy atom. The number of amides is 1. The lowest BCUT2D eigenvalue weighted by molar-refractivity contribution is 0.101. The second kappa shape index (κ2) is 6.40. The Bertz CT molecular complexity index is 371. The summed E-state index contributed by atoms with van der Waals surface area (Å²) in [6.07, 6.45) is -0.317. The number of carbonyl (C=O) groups excluding carboxylic acids is 1. The van der Waals surface area contributed by atoms with Crippen molar-refractivity contribution in [2.45, 2.75) is 38.8 Å². The Morgan fingerprint density at radius 1 is 1.33 bits per heavy atom. The molecule has 0 fully saturated rings. The van der Waals surface area contributed by atoms with Crippen LogP contribution >= 0.6 is 0 Å². The van der Waals surface area contributed by atoms with Gasteiger partial charge in [0.05, 0.1) is 0 Å². The standard InChI is InChI=1S/C14H22N2O2/c1-14(2,3)16-10-12(18-13(15)17)9-11-7-5-4-6-8-11/h4-8,12,16H,9-10H2,1-3H3,(H2,15,17)/t12-/m1/s1. The van der Waals surface area contributed by atoms with Gasteiger partial charge in [0.15, 0.2) is 0 Å². The fourth-order valence-electron chi connectivity index (χ4n) is 1.62. The number of hydrogen-bond donors (Lipinski definition) is 2. The molecule has 0 aliphatic heterocycles. The Kier molecular flexibility index (Phi) is 5.16. The van der Waals surface area contributed by atoms with E-state index in [0.29, 0.717) is 13.0 Å². The van der Waals surface area contributed by atoms with Crippen molar-refractivity contribution in [3.05, 3.63) is 35.9 Å². The number of ether oxygens (including phenoxy) is 1. The van der Waals surface area contributed by atoms with Gasteiger partial charge in [-0.1, -0.05) is 30.3 Å². The highest BCUT2D eigenvalue weighted by molar-refractivity contribution is 5.64. The van der Waals surface area contributed by atoms with Gasteiger partial charge in [0.1, 0.15) is 6.10 Å². The van der Waals surface area contributed by atoms with Crippen LogP contribution in [0.15, 0.2) is 30.3 Å². The Balaban J connectivity index is 2.58. The lowest BCUT2D eigenvalue weighted by Gasteiger charge is -2.25. The molecule has 0 aliphatic carbocycles. The topological polar surface area (TPSA) is 64.3 Å². The normalized spacial score (nSPS) is 13.1. The molecule has 0 aromatic heterocycles. The molecule has 18 heavy (non-hydrogen) atoms. The molecule has 0 spiro atoms. The molecule has 0 heterocycles. The molecule has 0 saturated heterocycles. The molecule has 1 atom stereocenters. The first-order valence-corrected chi connectivity index (χ1v) is 6.12. The quantitative estimate of drug-likeness (QED) is 0.841. The predicted molar refractivity (Wildman–Crippen MR) is 72.4 cm³/mol. The molecule has 1 aromatic carbocycles. The summed E-state index contributed by atoms with van der Waals surface area (Å²) in [7, 11) is 0. The highest BCUT2D eigenvalue weighted by Gasteiger charge is 2.17. The van der Waals surface area contributed by atoms with Crippen LogP contribution in [0.1, 0.15) is 26.3 Å². The SMILES string of the molecule is CC(C)(C)NC[C@@H](Cc1ccccc1)OC(N)=O. The molecule has 100 valence electrons. The number of rotatable bonds is 5. The van der Waals surface area contributed by atoms with Gasteiger partial charge in [0.25, 0.3) is 0 Å². The average molecular weight is 250 g/mol. The average Bonchev–Trinajstić information content (AvgIpc) is 2.25. The van der Waals surface area contributed by atoms with Crippen LogP contribution in [0, 0.1) is 0 Å². The van der Waals surface area contributed by atoms with Crippen molar-refractivity contribution in [2.75, 3.05) is 6.54 Å². The van der Waals surface area contributed by atoms with Crippen LogP contribution in [0.2, 0.25) is 0 Å². The predicted octanol–water partition coefficient (Wildman–Crippen LogP) is 2.08. The monoisotopic (exact) mass is 250 g/mol. The maximum absolute atomic E-state index is 10.9. The van der Waals surface area contributed by atoms with Crippen molar-refractivity contribution in [1.29, 1.82) is 0 Å². The summed E-state index contributed by atoms with van der Waals surface area (Å²) in [4.78, 5) is 10.9. The minimum Gasteiger partial charge on any atom is -0.445 e. The van der Waals surface area contributed by atoms with Gasteiger partial charge in [0, 0.05) is 18.5 Å². The highest BCUT2D eigenvalue weighted by atomic mass is 16.6. The highest BCUT2D eigenvalue weighted by Crippen LogP contribution is 2.07. The van der Waals surface area contributed by atoms with E-state index in [2.05, 4.69) is 26.1 Å². The van der Waals surface area contributed by atoms with E-state index in [4.69, 9.17) is 10.5 Å². The molecule has 0 unspecified atom stereocenters. The van der Waals surface area contributed by atoms with Crippen LogP contribution in [0.3, 0.4) is 0 Å². The van der Waals surface area contributed by atoms with Crippen molar-refractivity contribution in [3.8, 4) is 0 Å². The first-order chi connectivity index (χ1) is 8.37. The Labute approximate surface area is 109 Å². The van der Waals surface area contributed by atoms with Crippen molar-refractivity contribution in [3.63, 3.8) is 0 Å². The summed E-state index contributed by atoms with van der Waals surface area (Å²) in [5.41, 5.74) is 6.20. The maximum atomic E-state index is 10.9. The van der Waals surface area contributed by atoms with Gasteiger partial charge >= 0.3 is 6.09 Å². The van der Waals surface area contributed by atoms with Gasteiger partial charge in [-0.3, -0.25) is 0 Å². The number of carbonyl (C=O) groups is 1. The lowest BCUT2D eigenvalue weighted by Crippen LogP contribution is -2.43. The molecule has 0 saturated carbocycles. The van der Waals surface area contributed by atoms with E-state index in [9.17, 15) is 4.79 Å². The molecular formula is C14H22N2O2. The van der Waals surface area contributed by atoms with E-state index in [0.717, 1.165) is 5.56 Å². The van der Waals surface area contributed by atoms with Gasteiger partial charge in [-0.05, 0) is 26.3 Å². The summed E-state index contributed by atoms with van der Waals surface area (Å²) in [5.74, 6) is 0. The number of benzene rings is 1. The van der Waals surface area contributed by atoms with Crippen LogP contribution in [0.25, 0.3) is 0 Å². The zero-order valence-electron chi connectivity index (χ0n) is 11.3. The first kappa shape index (κ1) is 14.5. The van der Waals surface area contributed by atoms with Crippen LogP contribution in [-0.2, 0) is 11.2 Å². The Morgan fingerprint density at radius 3 is 2.44 bits per heavy atom. The molecule has 0 bridgehead atoms. The van der Waals surface area contributed by atoms with Gasteiger partial charge in [0.2, 0.25) is 0 Å². The molecule has 0 aliphatic rings. The van der Waals surface area contributed by atoms with Crippen molar-refractivity contribution in [2.24, 2.45) is 5.73 Å². The fourth-order valence-corrected chi connectivity index (χ4v) is 1.62. The molecule has 1 aromatic rings. The third kappa shape index (κ3) is 6.25. The fraction of sp³-hybridized carbons (Fsp3) is 0.500. The summed E-state index contributed by atoms with van der Waals surface area (Å²) in [6, 6.07) is 9.91. The number of primary amides is 1. The molecule has 3 N–H and O–H groups in total. The molecule has 0 radical (unpaired) electrons. The molecular weight excluding hydrogens is 228 g/mol. The number of nitrogens with two attached hydrogens (primary N) is 1. The van der Waals surface area contributed by atoms with E-state index in [1.54, 1.807) is 0 Å². The van der Waals surface area contributed by atoms with E-state index in [-0.39, 0.29) is 11.6 Å². The largest absolute Gasteiger partial charge is 0.445 e. The van der Waals surface area contributed by atoms with Crippen LogP contribution in [-0.4, -0.2) is 24.3 Å². The van der Waals surface area contributed by atoms with E-state index in [1.807, 2.05) is 30.3 Å². The second-order valence-electron chi connectivity index (χ2n) is 5.38. The zero-order chi connectivity index (χ0) is 13.6. The second-order valence-corrected chi connectivity index (χ2v) is 5.38.